The van der Waals surface area contributed by atoms with Gasteiger partial charge in [-0.15, -0.1) is 0 Å². The number of esters is 1. The van der Waals surface area contributed by atoms with Gasteiger partial charge in [-0.3, -0.25) is 4.79 Å². The lowest BCUT2D eigenvalue weighted by Crippen LogP contribution is -2.33. The van der Waals surface area contributed by atoms with Crippen LogP contribution in [0.5, 0.6) is 0 Å². The molecular formula is C14H21NO3. The lowest BCUT2D eigenvalue weighted by atomic mass is 9.85. The van der Waals surface area contributed by atoms with Gasteiger partial charge in [0.05, 0.1) is 5.70 Å². The molecule has 0 saturated heterocycles. The first kappa shape index (κ1) is 13.1. The quantitative estimate of drug-likeness (QED) is 0.556. The van der Waals surface area contributed by atoms with Crippen molar-refractivity contribution in [2.45, 2.75) is 51.5 Å². The Kier molecular flexibility index (Phi) is 4.39. The summed E-state index contributed by atoms with van der Waals surface area (Å²) in [5.74, 6) is 0.372. The van der Waals surface area contributed by atoms with Crippen molar-refractivity contribution < 1.29 is 14.3 Å². The van der Waals surface area contributed by atoms with Crippen LogP contribution in [0.25, 0.3) is 0 Å². The molecule has 0 bridgehead atoms. The number of carbonyl (C=O) groups is 2. The number of cyclic esters (lactones) is 1. The van der Waals surface area contributed by atoms with Crippen LogP contribution < -0.4 is 0 Å². The van der Waals surface area contributed by atoms with Gasteiger partial charge in [-0.1, -0.05) is 32.1 Å². The highest BCUT2D eigenvalue weighted by Crippen LogP contribution is 2.29. The molecule has 0 N–H and O–H groups in total. The topological polar surface area (TPSA) is 46.6 Å². The van der Waals surface area contributed by atoms with E-state index in [2.05, 4.69) is 0 Å². The van der Waals surface area contributed by atoms with E-state index in [1.165, 1.54) is 38.2 Å². The first-order chi connectivity index (χ1) is 8.70. The maximum absolute atomic E-state index is 11.2. The van der Waals surface area contributed by atoms with E-state index < -0.39 is 0 Å². The Bertz CT molecular complexity index is 345. The van der Waals surface area contributed by atoms with E-state index in [1.54, 1.807) is 4.90 Å². The molecule has 2 rings (SSSR count). The van der Waals surface area contributed by atoms with Crippen LogP contribution in [-0.4, -0.2) is 29.9 Å². The molecule has 18 heavy (non-hydrogen) atoms. The monoisotopic (exact) mass is 251 g/mol. The average molecular weight is 251 g/mol. The Morgan fingerprint density at radius 2 is 2.17 bits per heavy atom. The Morgan fingerprint density at radius 1 is 1.44 bits per heavy atom. The molecule has 0 radical (unpaired) electrons. The van der Waals surface area contributed by atoms with E-state index in [1.807, 2.05) is 6.92 Å². The van der Waals surface area contributed by atoms with Gasteiger partial charge in [0.15, 0.2) is 0 Å². The van der Waals surface area contributed by atoms with Crippen LogP contribution in [0.1, 0.15) is 45.4 Å². The number of amides is 1. The highest BCUT2D eigenvalue weighted by molar-refractivity contribution is 5.85. The third-order valence-corrected chi connectivity index (χ3v) is 3.97. The Balaban J connectivity index is 1.92. The van der Waals surface area contributed by atoms with Crippen LogP contribution >= 0.6 is 0 Å². The summed E-state index contributed by atoms with van der Waals surface area (Å²) in [7, 11) is 0. The zero-order valence-electron chi connectivity index (χ0n) is 10.9. The molecule has 100 valence electrons. The number of carbonyl (C=O) groups excluding carboxylic acids is 2. The van der Waals surface area contributed by atoms with Crippen LogP contribution in [0.2, 0.25) is 0 Å². The molecule has 1 saturated carbocycles. The van der Waals surface area contributed by atoms with E-state index in [9.17, 15) is 9.59 Å². The van der Waals surface area contributed by atoms with Gasteiger partial charge in [0.1, 0.15) is 6.61 Å². The SMILES string of the molecule is C[C@H](CC1CCCCC1)N(C=O)C1=CC(=O)OC1. The largest absolute Gasteiger partial charge is 0.456 e. The second-order valence-corrected chi connectivity index (χ2v) is 5.34. The predicted octanol–water partition coefficient (Wildman–Crippen LogP) is 2.24. The van der Waals surface area contributed by atoms with Gasteiger partial charge in [0, 0.05) is 12.1 Å². The predicted molar refractivity (Wildman–Crippen MR) is 67.6 cm³/mol. The van der Waals surface area contributed by atoms with Gasteiger partial charge in [0.2, 0.25) is 6.41 Å². The molecule has 0 aromatic carbocycles. The number of hydrogen-bond donors (Lipinski definition) is 0. The number of hydrogen-bond acceptors (Lipinski definition) is 3. The Hall–Kier alpha value is -1.32. The summed E-state index contributed by atoms with van der Waals surface area (Å²) in [5, 5.41) is 0. The second kappa shape index (κ2) is 6.03. The summed E-state index contributed by atoms with van der Waals surface area (Å²) >= 11 is 0. The molecule has 1 atom stereocenters. The van der Waals surface area contributed by atoms with E-state index in [-0.39, 0.29) is 18.6 Å². The number of ether oxygens (including phenoxy) is 1. The van der Waals surface area contributed by atoms with Crippen LogP contribution in [0.15, 0.2) is 11.8 Å². The first-order valence-electron chi connectivity index (χ1n) is 6.81. The van der Waals surface area contributed by atoms with Crippen molar-refractivity contribution in [1.29, 1.82) is 0 Å². The van der Waals surface area contributed by atoms with Gasteiger partial charge in [-0.25, -0.2) is 4.79 Å². The molecule has 2 aliphatic rings. The third-order valence-electron chi connectivity index (χ3n) is 3.97. The maximum Gasteiger partial charge on any atom is 0.333 e. The standard InChI is InChI=1S/C14H21NO3/c1-11(7-12-5-3-2-4-6-12)15(10-16)13-8-14(17)18-9-13/h8,10-12H,2-7,9H2,1H3/t11-/m1/s1. The minimum Gasteiger partial charge on any atom is -0.456 e. The minimum absolute atomic E-state index is 0.145. The molecule has 0 spiro atoms. The van der Waals surface area contributed by atoms with Gasteiger partial charge < -0.3 is 9.64 Å². The Labute approximate surface area is 108 Å². The van der Waals surface area contributed by atoms with Crippen molar-refractivity contribution >= 4 is 12.4 Å². The van der Waals surface area contributed by atoms with E-state index >= 15 is 0 Å². The summed E-state index contributed by atoms with van der Waals surface area (Å²) in [6, 6.07) is 0.145. The second-order valence-electron chi connectivity index (χ2n) is 5.34. The van der Waals surface area contributed by atoms with Crippen molar-refractivity contribution in [3.05, 3.63) is 11.8 Å². The summed E-state index contributed by atoms with van der Waals surface area (Å²) in [6.45, 7) is 2.28. The van der Waals surface area contributed by atoms with Crippen molar-refractivity contribution in [3.63, 3.8) is 0 Å². The highest BCUT2D eigenvalue weighted by atomic mass is 16.5. The maximum atomic E-state index is 11.2. The molecule has 1 aliphatic heterocycles. The highest BCUT2D eigenvalue weighted by Gasteiger charge is 2.25. The normalized spacial score (nSPS) is 22.3. The molecule has 0 aromatic rings. The molecule has 1 amide bonds. The van der Waals surface area contributed by atoms with E-state index in [0.717, 1.165) is 18.7 Å². The van der Waals surface area contributed by atoms with Crippen LogP contribution in [0.3, 0.4) is 0 Å². The van der Waals surface area contributed by atoms with Crippen molar-refractivity contribution in [2.24, 2.45) is 5.92 Å². The molecule has 0 unspecified atom stereocenters. The molecule has 1 aliphatic carbocycles. The molecule has 4 heteroatoms. The van der Waals surface area contributed by atoms with Crippen molar-refractivity contribution in [2.75, 3.05) is 6.61 Å². The fourth-order valence-electron chi connectivity index (χ4n) is 2.99. The van der Waals surface area contributed by atoms with Crippen LogP contribution in [-0.2, 0) is 14.3 Å². The van der Waals surface area contributed by atoms with Gasteiger partial charge in [-0.2, -0.15) is 0 Å². The zero-order valence-corrected chi connectivity index (χ0v) is 10.9. The van der Waals surface area contributed by atoms with Gasteiger partial charge in [-0.05, 0) is 19.3 Å². The minimum atomic E-state index is -0.346. The van der Waals surface area contributed by atoms with Crippen molar-refractivity contribution in [3.8, 4) is 0 Å². The summed E-state index contributed by atoms with van der Waals surface area (Å²) in [6.07, 6.45) is 9.76. The van der Waals surface area contributed by atoms with E-state index in [4.69, 9.17) is 4.74 Å². The lowest BCUT2D eigenvalue weighted by Gasteiger charge is -2.30. The summed E-state index contributed by atoms with van der Waals surface area (Å²) in [5.41, 5.74) is 0.693. The molecule has 1 heterocycles. The molecule has 4 nitrogen and oxygen atoms in total. The van der Waals surface area contributed by atoms with Gasteiger partial charge >= 0.3 is 5.97 Å². The summed E-state index contributed by atoms with van der Waals surface area (Å²) < 4.78 is 4.86. The zero-order chi connectivity index (χ0) is 13.0. The third kappa shape index (κ3) is 3.12. The Morgan fingerprint density at radius 3 is 2.72 bits per heavy atom. The van der Waals surface area contributed by atoms with E-state index in [0.29, 0.717) is 5.70 Å². The smallest absolute Gasteiger partial charge is 0.333 e. The van der Waals surface area contributed by atoms with Crippen LogP contribution in [0.4, 0.5) is 0 Å². The van der Waals surface area contributed by atoms with Gasteiger partial charge in [0.25, 0.3) is 0 Å². The molecule has 1 fully saturated rings. The fraction of sp³-hybridized carbons (Fsp3) is 0.714. The molecular weight excluding hydrogens is 230 g/mol. The first-order valence-corrected chi connectivity index (χ1v) is 6.81. The summed E-state index contributed by atoms with van der Waals surface area (Å²) in [4.78, 5) is 23.9. The average Bonchev–Trinajstić information content (AvgIpc) is 2.78. The van der Waals surface area contributed by atoms with Crippen LogP contribution in [0, 0.1) is 5.92 Å². The number of rotatable bonds is 5. The lowest BCUT2D eigenvalue weighted by molar-refractivity contribution is -0.135. The fourth-order valence-corrected chi connectivity index (χ4v) is 2.99. The molecule has 0 aromatic heterocycles. The number of nitrogens with zero attached hydrogens (tertiary/aromatic N) is 1. The van der Waals surface area contributed by atoms with Crippen molar-refractivity contribution in [1.82, 2.24) is 4.90 Å².